The average molecular weight is 82.1 g/mol. The monoisotopic (exact) mass is 82.1 g/mol. The van der Waals surface area contributed by atoms with Crippen molar-refractivity contribution in [1.82, 2.24) is 5.32 Å². The molecule has 0 aromatic carbocycles. The molecule has 3 rings (SSSR count). The van der Waals surface area contributed by atoms with Crippen molar-refractivity contribution in [2.75, 3.05) is 6.54 Å². The molecule has 0 aromatic rings. The smallest absolute Gasteiger partial charge is 0.0252 e. The molecular weight excluding hydrogens is 74.1 g/mol. The summed E-state index contributed by atoms with van der Waals surface area (Å²) in [6.45, 7) is 1.19. The van der Waals surface area contributed by atoms with Gasteiger partial charge in [0.1, 0.15) is 0 Å². The summed E-state index contributed by atoms with van der Waals surface area (Å²) >= 11 is 0. The molecule has 2 heterocycles. The van der Waals surface area contributed by atoms with E-state index in [4.69, 9.17) is 0 Å². The summed E-state index contributed by atoms with van der Waals surface area (Å²) in [7, 11) is 0. The van der Waals surface area contributed by atoms with Crippen LogP contribution < -0.4 is 5.32 Å². The fourth-order valence-corrected chi connectivity index (χ4v) is 1.30. The van der Waals surface area contributed by atoms with Gasteiger partial charge in [-0.2, -0.15) is 0 Å². The van der Waals surface area contributed by atoms with Crippen molar-refractivity contribution in [3.05, 3.63) is 0 Å². The summed E-state index contributed by atoms with van der Waals surface area (Å²) in [5.74, 6) is 1.02. The Balaban J connectivity index is 2.16. The van der Waals surface area contributed by atoms with Gasteiger partial charge in [-0.1, -0.05) is 0 Å². The molecule has 1 aliphatic carbocycles. The van der Waals surface area contributed by atoms with Gasteiger partial charge in [-0.3, -0.25) is 0 Å². The summed E-state index contributed by atoms with van der Waals surface area (Å²) < 4.78 is 0. The maximum atomic E-state index is 4.31. The van der Waals surface area contributed by atoms with Crippen molar-refractivity contribution in [3.8, 4) is 0 Å². The quantitative estimate of drug-likeness (QED) is 0.401. The third-order valence-electron chi connectivity index (χ3n) is 1.83. The second-order valence-electron chi connectivity index (χ2n) is 2.36. The molecule has 1 radical (unpaired) electrons. The number of hydrogen-bond donors (Lipinski definition) is 0. The predicted molar refractivity (Wildman–Crippen MR) is 23.5 cm³/mol. The van der Waals surface area contributed by atoms with Gasteiger partial charge in [0, 0.05) is 12.6 Å². The Kier molecular flexibility index (Phi) is 0.396. The highest BCUT2D eigenvalue weighted by Crippen LogP contribution is 2.33. The maximum absolute atomic E-state index is 4.31. The largest absolute Gasteiger partial charge is 0.238 e. The highest BCUT2D eigenvalue weighted by Gasteiger charge is 2.36. The van der Waals surface area contributed by atoms with Crippen LogP contribution in [0.25, 0.3) is 0 Å². The third kappa shape index (κ3) is 0.207. The van der Waals surface area contributed by atoms with Crippen LogP contribution in [-0.4, -0.2) is 12.6 Å². The van der Waals surface area contributed by atoms with E-state index in [1.54, 1.807) is 0 Å². The Morgan fingerprint density at radius 2 is 2.17 bits per heavy atom. The summed E-state index contributed by atoms with van der Waals surface area (Å²) in [6, 6.07) is 0.815. The van der Waals surface area contributed by atoms with E-state index in [-0.39, 0.29) is 0 Å². The number of fused-ring (bicyclic) bond motifs is 1. The Morgan fingerprint density at radius 3 is 2.33 bits per heavy atom. The SMILES string of the molecule is C1[N]C2CC1C2. The summed E-state index contributed by atoms with van der Waals surface area (Å²) in [4.78, 5) is 0. The zero-order chi connectivity index (χ0) is 3.98. The van der Waals surface area contributed by atoms with E-state index in [9.17, 15) is 0 Å². The lowest BCUT2D eigenvalue weighted by molar-refractivity contribution is 0.371. The fourth-order valence-electron chi connectivity index (χ4n) is 1.30. The molecule has 0 amide bonds. The molecule has 2 aliphatic heterocycles. The number of hydrogen-bond acceptors (Lipinski definition) is 0. The van der Waals surface area contributed by atoms with Gasteiger partial charge in [-0.25, -0.2) is 5.32 Å². The highest BCUT2D eigenvalue weighted by atomic mass is 15.0. The summed E-state index contributed by atoms with van der Waals surface area (Å²) in [5.41, 5.74) is 0. The van der Waals surface area contributed by atoms with Crippen LogP contribution in [0.15, 0.2) is 0 Å². The molecule has 0 N–H and O–H groups in total. The lowest BCUT2D eigenvalue weighted by atomic mass is 9.87. The van der Waals surface area contributed by atoms with Crippen molar-refractivity contribution in [3.63, 3.8) is 0 Å². The number of rotatable bonds is 0. The summed E-state index contributed by atoms with van der Waals surface area (Å²) in [6.07, 6.45) is 2.83. The molecule has 0 spiro atoms. The van der Waals surface area contributed by atoms with E-state index in [0.717, 1.165) is 12.0 Å². The van der Waals surface area contributed by atoms with E-state index in [2.05, 4.69) is 5.32 Å². The first kappa shape index (κ1) is 3.03. The standard InChI is InChI=1S/C5H8N/c1-4-2-5(1)6-3-4/h4-5H,1-3H2. The first-order chi connectivity index (χ1) is 2.95. The molecule has 1 heteroatoms. The third-order valence-corrected chi connectivity index (χ3v) is 1.83. The van der Waals surface area contributed by atoms with Crippen LogP contribution >= 0.6 is 0 Å². The second-order valence-corrected chi connectivity index (χ2v) is 2.36. The van der Waals surface area contributed by atoms with Crippen molar-refractivity contribution in [1.29, 1.82) is 0 Å². The van der Waals surface area contributed by atoms with Crippen molar-refractivity contribution < 1.29 is 0 Å². The van der Waals surface area contributed by atoms with Crippen LogP contribution in [0.4, 0.5) is 0 Å². The topological polar surface area (TPSA) is 14.1 Å². The van der Waals surface area contributed by atoms with E-state index < -0.39 is 0 Å². The minimum Gasteiger partial charge on any atom is -0.238 e. The van der Waals surface area contributed by atoms with Gasteiger partial charge < -0.3 is 0 Å². The molecule has 3 fully saturated rings. The van der Waals surface area contributed by atoms with Gasteiger partial charge in [0.25, 0.3) is 0 Å². The average Bonchev–Trinajstić information content (AvgIpc) is 1.72. The molecular formula is C5H8N. The van der Waals surface area contributed by atoms with Crippen LogP contribution in [0.2, 0.25) is 0 Å². The van der Waals surface area contributed by atoms with Crippen LogP contribution in [0.1, 0.15) is 12.8 Å². The molecule has 2 saturated heterocycles. The van der Waals surface area contributed by atoms with Crippen molar-refractivity contribution >= 4 is 0 Å². The Labute approximate surface area is 37.7 Å². The summed E-state index contributed by atoms with van der Waals surface area (Å²) in [5, 5.41) is 4.31. The van der Waals surface area contributed by atoms with Crippen LogP contribution in [0, 0.1) is 5.92 Å². The van der Waals surface area contributed by atoms with Gasteiger partial charge in [-0.05, 0) is 18.8 Å². The minimum atomic E-state index is 0.815. The molecule has 1 saturated carbocycles. The molecule has 0 atom stereocenters. The molecule has 0 aromatic heterocycles. The van der Waals surface area contributed by atoms with Crippen LogP contribution in [0.5, 0.6) is 0 Å². The van der Waals surface area contributed by atoms with Gasteiger partial charge in [0.15, 0.2) is 0 Å². The van der Waals surface area contributed by atoms with E-state index >= 15 is 0 Å². The van der Waals surface area contributed by atoms with Crippen molar-refractivity contribution in [2.45, 2.75) is 18.9 Å². The number of nitrogens with zero attached hydrogens (tertiary/aromatic N) is 1. The van der Waals surface area contributed by atoms with Gasteiger partial charge in [0.2, 0.25) is 0 Å². The lowest BCUT2D eigenvalue weighted by Gasteiger charge is -2.18. The molecule has 2 bridgehead atoms. The first-order valence-corrected chi connectivity index (χ1v) is 2.62. The Bertz CT molecular complexity index is 50.8. The zero-order valence-corrected chi connectivity index (χ0v) is 3.72. The molecule has 0 unspecified atom stereocenters. The van der Waals surface area contributed by atoms with Gasteiger partial charge >= 0.3 is 0 Å². The lowest BCUT2D eigenvalue weighted by Crippen LogP contribution is -2.19. The normalized spacial score (nSPS) is 52.0. The molecule has 3 aliphatic rings. The van der Waals surface area contributed by atoms with E-state index in [1.165, 1.54) is 19.4 Å². The Morgan fingerprint density at radius 1 is 1.33 bits per heavy atom. The minimum absolute atomic E-state index is 0.815. The zero-order valence-electron chi connectivity index (χ0n) is 3.72. The first-order valence-electron chi connectivity index (χ1n) is 2.62. The molecule has 6 heavy (non-hydrogen) atoms. The molecule has 1 nitrogen and oxygen atoms in total. The van der Waals surface area contributed by atoms with Crippen LogP contribution in [0.3, 0.4) is 0 Å². The van der Waals surface area contributed by atoms with Crippen LogP contribution in [-0.2, 0) is 0 Å². The highest BCUT2D eigenvalue weighted by molar-refractivity contribution is 4.93. The second kappa shape index (κ2) is 0.784. The van der Waals surface area contributed by atoms with Gasteiger partial charge in [0.05, 0.1) is 0 Å². The van der Waals surface area contributed by atoms with Gasteiger partial charge in [-0.15, -0.1) is 0 Å². The maximum Gasteiger partial charge on any atom is 0.0252 e. The molecule has 33 valence electrons. The fraction of sp³-hybridized carbons (Fsp3) is 1.00. The van der Waals surface area contributed by atoms with Crippen molar-refractivity contribution in [2.24, 2.45) is 5.92 Å². The Hall–Kier alpha value is -0.0400. The van der Waals surface area contributed by atoms with E-state index in [0.29, 0.717) is 0 Å². The van der Waals surface area contributed by atoms with E-state index in [1.807, 2.05) is 0 Å². The predicted octanol–water partition coefficient (Wildman–Crippen LogP) is 0.383.